The van der Waals surface area contributed by atoms with Crippen LogP contribution < -0.4 is 10.6 Å². The smallest absolute Gasteiger partial charge is 0.163 e. The van der Waals surface area contributed by atoms with E-state index in [4.69, 9.17) is 5.26 Å². The van der Waals surface area contributed by atoms with Crippen LogP contribution in [0.5, 0.6) is 0 Å². The molecule has 2 heterocycles. The highest BCUT2D eigenvalue weighted by molar-refractivity contribution is 5.53. The van der Waals surface area contributed by atoms with Gasteiger partial charge in [-0.2, -0.15) is 5.26 Å². The second-order valence-electron chi connectivity index (χ2n) is 4.00. The zero-order valence-electron chi connectivity index (χ0n) is 9.74. The largest absolute Gasteiger partial charge is 0.382 e. The molecule has 0 fully saturated rings. The summed E-state index contributed by atoms with van der Waals surface area (Å²) in [7, 11) is 0. The molecule has 2 rings (SSSR count). The Bertz CT molecular complexity index is 445. The zero-order chi connectivity index (χ0) is 11.9. The van der Waals surface area contributed by atoms with Gasteiger partial charge in [0.05, 0.1) is 5.69 Å². The van der Waals surface area contributed by atoms with Crippen LogP contribution in [0.4, 0.5) is 5.69 Å². The highest BCUT2D eigenvalue weighted by Gasteiger charge is 2.04. The van der Waals surface area contributed by atoms with Crippen LogP contribution in [0, 0.1) is 11.3 Å². The molecule has 4 nitrogen and oxygen atoms in total. The predicted octanol–water partition coefficient (Wildman–Crippen LogP) is 1.67. The number of nitrogens with one attached hydrogen (secondary N) is 2. The average molecular weight is 228 g/mol. The van der Waals surface area contributed by atoms with E-state index < -0.39 is 0 Å². The monoisotopic (exact) mass is 228 g/mol. The first-order valence-electron chi connectivity index (χ1n) is 5.88. The number of pyridine rings is 1. The van der Waals surface area contributed by atoms with Crippen molar-refractivity contribution in [2.45, 2.75) is 12.8 Å². The molecule has 2 N–H and O–H groups in total. The van der Waals surface area contributed by atoms with Gasteiger partial charge in [0.25, 0.3) is 0 Å². The lowest BCUT2D eigenvalue weighted by Gasteiger charge is -2.14. The maximum absolute atomic E-state index is 8.89. The first kappa shape index (κ1) is 11.6. The average Bonchev–Trinajstić information content (AvgIpc) is 2.40. The van der Waals surface area contributed by atoms with Crippen LogP contribution in [0.1, 0.15) is 18.5 Å². The Kier molecular flexibility index (Phi) is 4.11. The minimum absolute atomic E-state index is 0.465. The molecule has 88 valence electrons. The Balaban J connectivity index is 1.86. The van der Waals surface area contributed by atoms with Crippen molar-refractivity contribution in [3.63, 3.8) is 0 Å². The lowest BCUT2D eigenvalue weighted by atomic mass is 10.1. The molecule has 0 saturated carbocycles. The fourth-order valence-electron chi connectivity index (χ4n) is 1.89. The number of hydrogen-bond donors (Lipinski definition) is 2. The molecule has 1 aromatic rings. The Morgan fingerprint density at radius 2 is 2.47 bits per heavy atom. The Labute approximate surface area is 101 Å². The summed E-state index contributed by atoms with van der Waals surface area (Å²) in [4.78, 5) is 4.01. The third-order valence-corrected chi connectivity index (χ3v) is 2.83. The molecular formula is C13H16N4. The van der Waals surface area contributed by atoms with Crippen molar-refractivity contribution in [2.24, 2.45) is 0 Å². The van der Waals surface area contributed by atoms with Gasteiger partial charge in [-0.15, -0.1) is 0 Å². The van der Waals surface area contributed by atoms with Crippen LogP contribution in [0.3, 0.4) is 0 Å². The van der Waals surface area contributed by atoms with Crippen LogP contribution in [-0.2, 0) is 0 Å². The summed E-state index contributed by atoms with van der Waals surface area (Å²) in [5.74, 6) is 0. The van der Waals surface area contributed by atoms with E-state index in [1.54, 1.807) is 6.20 Å². The topological polar surface area (TPSA) is 60.7 Å². The molecule has 0 saturated heterocycles. The van der Waals surface area contributed by atoms with Crippen molar-refractivity contribution in [3.8, 4) is 6.07 Å². The van der Waals surface area contributed by atoms with Crippen molar-refractivity contribution < 1.29 is 0 Å². The molecule has 4 heteroatoms. The van der Waals surface area contributed by atoms with E-state index in [-0.39, 0.29) is 0 Å². The van der Waals surface area contributed by atoms with E-state index in [9.17, 15) is 0 Å². The lowest BCUT2D eigenvalue weighted by Crippen LogP contribution is -2.21. The second-order valence-corrected chi connectivity index (χ2v) is 4.00. The van der Waals surface area contributed by atoms with E-state index in [1.807, 2.05) is 12.1 Å². The molecule has 0 bridgehead atoms. The van der Waals surface area contributed by atoms with E-state index >= 15 is 0 Å². The summed E-state index contributed by atoms with van der Waals surface area (Å²) in [6.07, 6.45) is 6.04. The van der Waals surface area contributed by atoms with Crippen molar-refractivity contribution in [1.29, 1.82) is 5.26 Å². The number of nitrogens with zero attached hydrogens (tertiary/aromatic N) is 2. The number of rotatable bonds is 4. The molecule has 0 unspecified atom stereocenters. The van der Waals surface area contributed by atoms with Gasteiger partial charge in [0.2, 0.25) is 0 Å². The second kappa shape index (κ2) is 6.02. The normalized spacial score (nSPS) is 14.9. The molecule has 0 aromatic carbocycles. The van der Waals surface area contributed by atoms with Gasteiger partial charge in [-0.05, 0) is 31.5 Å². The van der Waals surface area contributed by atoms with E-state index in [0.29, 0.717) is 5.69 Å². The van der Waals surface area contributed by atoms with Crippen LogP contribution in [0.25, 0.3) is 0 Å². The van der Waals surface area contributed by atoms with Crippen molar-refractivity contribution in [3.05, 3.63) is 35.7 Å². The molecule has 1 aliphatic heterocycles. The van der Waals surface area contributed by atoms with Gasteiger partial charge in [-0.3, -0.25) is 0 Å². The highest BCUT2D eigenvalue weighted by Crippen LogP contribution is 2.13. The Hall–Kier alpha value is -1.86. The summed E-state index contributed by atoms with van der Waals surface area (Å²) in [5, 5.41) is 15.5. The van der Waals surface area contributed by atoms with Gasteiger partial charge in [0, 0.05) is 19.3 Å². The fourth-order valence-corrected chi connectivity index (χ4v) is 1.89. The number of hydrogen-bond acceptors (Lipinski definition) is 4. The maximum Gasteiger partial charge on any atom is 0.163 e. The van der Waals surface area contributed by atoms with Gasteiger partial charge in [0.15, 0.2) is 5.69 Å². The standard InChI is InChI=1S/C13H16N4/c14-10-13-12(2-1-6-16-13)17-9-5-11-3-7-15-8-4-11/h1-3,6,15,17H,4-5,7-9H2. The summed E-state index contributed by atoms with van der Waals surface area (Å²) in [6.45, 7) is 2.90. The highest BCUT2D eigenvalue weighted by atomic mass is 14.9. The minimum Gasteiger partial charge on any atom is -0.382 e. The molecule has 0 radical (unpaired) electrons. The summed E-state index contributed by atoms with van der Waals surface area (Å²) < 4.78 is 0. The molecular weight excluding hydrogens is 212 g/mol. The molecule has 0 amide bonds. The Morgan fingerprint density at radius 3 is 3.24 bits per heavy atom. The molecule has 17 heavy (non-hydrogen) atoms. The van der Waals surface area contributed by atoms with Crippen molar-refractivity contribution >= 4 is 5.69 Å². The Morgan fingerprint density at radius 1 is 1.53 bits per heavy atom. The molecule has 1 aromatic heterocycles. The van der Waals surface area contributed by atoms with Crippen LogP contribution in [-0.4, -0.2) is 24.6 Å². The minimum atomic E-state index is 0.465. The predicted molar refractivity (Wildman–Crippen MR) is 67.6 cm³/mol. The van der Waals surface area contributed by atoms with E-state index in [2.05, 4.69) is 27.8 Å². The SMILES string of the molecule is N#Cc1ncccc1NCCC1=CCNCC1. The molecule has 0 spiro atoms. The van der Waals surface area contributed by atoms with Gasteiger partial charge in [-0.25, -0.2) is 4.98 Å². The van der Waals surface area contributed by atoms with Crippen molar-refractivity contribution in [2.75, 3.05) is 25.0 Å². The maximum atomic E-state index is 8.89. The number of nitriles is 1. The van der Waals surface area contributed by atoms with Crippen LogP contribution in [0.15, 0.2) is 30.0 Å². The van der Waals surface area contributed by atoms with Gasteiger partial charge < -0.3 is 10.6 Å². The quantitative estimate of drug-likeness (QED) is 0.770. The first-order valence-corrected chi connectivity index (χ1v) is 5.88. The molecule has 0 aliphatic carbocycles. The molecule has 0 atom stereocenters. The lowest BCUT2D eigenvalue weighted by molar-refractivity contribution is 0.683. The fraction of sp³-hybridized carbons (Fsp3) is 0.385. The summed E-state index contributed by atoms with van der Waals surface area (Å²) >= 11 is 0. The van der Waals surface area contributed by atoms with Crippen molar-refractivity contribution in [1.82, 2.24) is 10.3 Å². The third kappa shape index (κ3) is 3.30. The van der Waals surface area contributed by atoms with Gasteiger partial charge >= 0.3 is 0 Å². The summed E-state index contributed by atoms with van der Waals surface area (Å²) in [5.41, 5.74) is 2.77. The van der Waals surface area contributed by atoms with Gasteiger partial charge in [0.1, 0.15) is 6.07 Å². The van der Waals surface area contributed by atoms with Crippen LogP contribution >= 0.6 is 0 Å². The van der Waals surface area contributed by atoms with E-state index in [0.717, 1.165) is 38.2 Å². The summed E-state index contributed by atoms with van der Waals surface area (Å²) in [6, 6.07) is 5.82. The van der Waals surface area contributed by atoms with E-state index in [1.165, 1.54) is 5.57 Å². The number of aromatic nitrogens is 1. The third-order valence-electron chi connectivity index (χ3n) is 2.83. The zero-order valence-corrected chi connectivity index (χ0v) is 9.74. The first-order chi connectivity index (χ1) is 8.40. The van der Waals surface area contributed by atoms with Gasteiger partial charge in [-0.1, -0.05) is 11.6 Å². The number of anilines is 1. The molecule has 1 aliphatic rings. The van der Waals surface area contributed by atoms with Crippen LogP contribution in [0.2, 0.25) is 0 Å².